The summed E-state index contributed by atoms with van der Waals surface area (Å²) in [6.45, 7) is 3.54. The molecule has 0 amide bonds. The fraction of sp³-hybridized carbons (Fsp3) is 0.385. The topological polar surface area (TPSA) is 43.4 Å². The predicted octanol–water partition coefficient (Wildman–Crippen LogP) is 3.78. The molecular formula is C13H14Br2O3. The van der Waals surface area contributed by atoms with Gasteiger partial charge in [-0.2, -0.15) is 0 Å². The Morgan fingerprint density at radius 2 is 2.06 bits per heavy atom. The number of benzene rings is 1. The van der Waals surface area contributed by atoms with Crippen molar-refractivity contribution < 1.29 is 14.3 Å². The number of ether oxygens (including phenoxy) is 1. The number of carbonyl (C=O) groups is 2. The minimum absolute atomic E-state index is 0.0488. The Hall–Kier alpha value is -0.680. The quantitative estimate of drug-likeness (QED) is 0.579. The van der Waals surface area contributed by atoms with E-state index in [1.165, 1.54) is 6.92 Å². The van der Waals surface area contributed by atoms with Gasteiger partial charge in [0.1, 0.15) is 5.78 Å². The molecular weight excluding hydrogens is 364 g/mol. The molecule has 0 fully saturated rings. The molecule has 0 aliphatic heterocycles. The van der Waals surface area contributed by atoms with Gasteiger partial charge in [0.25, 0.3) is 0 Å². The van der Waals surface area contributed by atoms with E-state index in [0.717, 1.165) is 5.56 Å². The summed E-state index contributed by atoms with van der Waals surface area (Å²) >= 11 is 6.65. The molecule has 0 N–H and O–H groups in total. The highest BCUT2D eigenvalue weighted by Gasteiger charge is 2.23. The largest absolute Gasteiger partial charge is 0.462 e. The van der Waals surface area contributed by atoms with Gasteiger partial charge in [0, 0.05) is 5.33 Å². The molecule has 0 saturated heterocycles. The van der Waals surface area contributed by atoms with Crippen LogP contribution in [0.15, 0.2) is 18.2 Å². The lowest BCUT2D eigenvalue weighted by Crippen LogP contribution is -2.14. The molecule has 0 saturated carbocycles. The van der Waals surface area contributed by atoms with Crippen molar-refractivity contribution in [3.05, 3.63) is 34.9 Å². The molecule has 0 spiro atoms. The molecule has 0 aliphatic rings. The summed E-state index contributed by atoms with van der Waals surface area (Å²) in [5.74, 6) is -0.444. The highest BCUT2D eigenvalue weighted by atomic mass is 79.9. The van der Waals surface area contributed by atoms with Gasteiger partial charge < -0.3 is 4.74 Å². The van der Waals surface area contributed by atoms with Crippen molar-refractivity contribution in [3.63, 3.8) is 0 Å². The number of hydrogen-bond donors (Lipinski definition) is 0. The molecule has 1 aromatic rings. The lowest BCUT2D eigenvalue weighted by atomic mass is 9.98. The van der Waals surface area contributed by atoms with Crippen LogP contribution in [0.1, 0.15) is 40.2 Å². The van der Waals surface area contributed by atoms with Crippen LogP contribution in [0.25, 0.3) is 0 Å². The molecule has 18 heavy (non-hydrogen) atoms. The summed E-state index contributed by atoms with van der Waals surface area (Å²) in [4.78, 5) is 23.0. The minimum Gasteiger partial charge on any atom is -0.462 e. The molecule has 1 aromatic carbocycles. The van der Waals surface area contributed by atoms with Crippen molar-refractivity contribution in [1.82, 2.24) is 0 Å². The lowest BCUT2D eigenvalue weighted by Gasteiger charge is -2.15. The summed E-state index contributed by atoms with van der Waals surface area (Å²) in [5.41, 5.74) is 1.93. The first-order valence-corrected chi connectivity index (χ1v) is 7.56. The molecule has 0 heterocycles. The van der Waals surface area contributed by atoms with Gasteiger partial charge in [-0.25, -0.2) is 4.79 Å². The van der Waals surface area contributed by atoms with E-state index in [0.29, 0.717) is 23.1 Å². The first-order valence-electron chi connectivity index (χ1n) is 5.52. The van der Waals surface area contributed by atoms with Crippen LogP contribution in [0.4, 0.5) is 0 Å². The molecule has 1 atom stereocenters. The summed E-state index contributed by atoms with van der Waals surface area (Å²) in [6.07, 6.45) is 0. The maximum absolute atomic E-state index is 12.0. The number of Topliss-reactive ketones (excluding diaryl/α,β-unsaturated/α-hetero) is 1. The van der Waals surface area contributed by atoms with Gasteiger partial charge in [-0.15, -0.1) is 0 Å². The summed E-state index contributed by atoms with van der Waals surface area (Å²) in [6, 6.07) is 5.43. The maximum Gasteiger partial charge on any atom is 0.338 e. The van der Waals surface area contributed by atoms with Crippen LogP contribution in [0.3, 0.4) is 0 Å². The number of alkyl halides is 2. The fourth-order valence-electron chi connectivity index (χ4n) is 1.61. The third kappa shape index (κ3) is 3.42. The second-order valence-electron chi connectivity index (χ2n) is 3.71. The van der Waals surface area contributed by atoms with Crippen molar-refractivity contribution in [2.45, 2.75) is 24.0 Å². The minimum atomic E-state index is -0.490. The Balaban J connectivity index is 3.33. The third-order valence-corrected chi connectivity index (χ3v) is 4.18. The Labute approximate surface area is 123 Å². The molecule has 0 bridgehead atoms. The zero-order valence-corrected chi connectivity index (χ0v) is 13.4. The zero-order chi connectivity index (χ0) is 13.7. The van der Waals surface area contributed by atoms with Crippen molar-refractivity contribution >= 4 is 43.6 Å². The van der Waals surface area contributed by atoms with Crippen molar-refractivity contribution in [2.75, 3.05) is 6.61 Å². The van der Waals surface area contributed by atoms with Gasteiger partial charge in [0.05, 0.1) is 17.0 Å². The molecule has 0 aliphatic carbocycles. The predicted molar refractivity (Wildman–Crippen MR) is 77.4 cm³/mol. The van der Waals surface area contributed by atoms with Crippen LogP contribution in [0.2, 0.25) is 0 Å². The molecule has 3 nitrogen and oxygen atoms in total. The van der Waals surface area contributed by atoms with E-state index in [-0.39, 0.29) is 5.78 Å². The number of rotatable bonds is 5. The van der Waals surface area contributed by atoms with Crippen LogP contribution >= 0.6 is 31.9 Å². The molecule has 1 unspecified atom stereocenters. The second kappa shape index (κ2) is 7.04. The van der Waals surface area contributed by atoms with Crippen LogP contribution < -0.4 is 0 Å². The molecule has 0 aromatic heterocycles. The van der Waals surface area contributed by atoms with Crippen LogP contribution in [-0.4, -0.2) is 18.4 Å². The highest BCUT2D eigenvalue weighted by Crippen LogP contribution is 2.30. The van der Waals surface area contributed by atoms with E-state index in [9.17, 15) is 9.59 Å². The smallest absolute Gasteiger partial charge is 0.338 e. The molecule has 98 valence electrons. The Morgan fingerprint density at radius 1 is 1.39 bits per heavy atom. The standard InChI is InChI=1S/C13H14Br2O3/c1-3-18-13(17)11-9(7-14)5-4-6-10(11)12(15)8(2)16/h4-6,12H,3,7H2,1-2H3. The summed E-state index contributed by atoms with van der Waals surface area (Å²) < 4.78 is 5.05. The summed E-state index contributed by atoms with van der Waals surface area (Å²) in [7, 11) is 0. The van der Waals surface area contributed by atoms with E-state index >= 15 is 0 Å². The Kier molecular flexibility index (Phi) is 6.02. The van der Waals surface area contributed by atoms with Gasteiger partial charge in [0.15, 0.2) is 0 Å². The first-order chi connectivity index (χ1) is 8.52. The van der Waals surface area contributed by atoms with Crippen LogP contribution in [-0.2, 0) is 14.9 Å². The van der Waals surface area contributed by atoms with Gasteiger partial charge >= 0.3 is 5.97 Å². The average molecular weight is 378 g/mol. The van der Waals surface area contributed by atoms with E-state index in [4.69, 9.17) is 4.74 Å². The Morgan fingerprint density at radius 3 is 2.56 bits per heavy atom. The zero-order valence-electron chi connectivity index (χ0n) is 10.2. The van der Waals surface area contributed by atoms with Gasteiger partial charge in [-0.05, 0) is 25.0 Å². The second-order valence-corrected chi connectivity index (χ2v) is 5.19. The van der Waals surface area contributed by atoms with Crippen LogP contribution in [0, 0.1) is 0 Å². The van der Waals surface area contributed by atoms with Gasteiger partial charge in [0.2, 0.25) is 0 Å². The van der Waals surface area contributed by atoms with Crippen molar-refractivity contribution in [3.8, 4) is 0 Å². The van der Waals surface area contributed by atoms with E-state index in [1.54, 1.807) is 13.0 Å². The Bertz CT molecular complexity index is 458. The van der Waals surface area contributed by atoms with E-state index in [1.807, 2.05) is 12.1 Å². The SMILES string of the molecule is CCOC(=O)c1c(CBr)cccc1C(Br)C(C)=O. The number of halogens is 2. The lowest BCUT2D eigenvalue weighted by molar-refractivity contribution is -0.116. The monoisotopic (exact) mass is 376 g/mol. The molecule has 5 heteroatoms. The van der Waals surface area contributed by atoms with Crippen LogP contribution in [0.5, 0.6) is 0 Å². The average Bonchev–Trinajstić information content (AvgIpc) is 2.36. The first kappa shape index (κ1) is 15.4. The normalized spacial score (nSPS) is 12.0. The van der Waals surface area contributed by atoms with Gasteiger partial charge in [-0.1, -0.05) is 50.1 Å². The maximum atomic E-state index is 12.0. The van der Waals surface area contributed by atoms with Crippen molar-refractivity contribution in [1.29, 1.82) is 0 Å². The number of hydrogen-bond acceptors (Lipinski definition) is 3. The number of esters is 1. The fourth-order valence-corrected chi connectivity index (χ4v) is 2.46. The van der Waals surface area contributed by atoms with E-state index in [2.05, 4.69) is 31.9 Å². The van der Waals surface area contributed by atoms with Crippen molar-refractivity contribution in [2.24, 2.45) is 0 Å². The molecule has 1 rings (SSSR count). The highest BCUT2D eigenvalue weighted by molar-refractivity contribution is 9.09. The third-order valence-electron chi connectivity index (χ3n) is 2.44. The van der Waals surface area contributed by atoms with Gasteiger partial charge in [-0.3, -0.25) is 4.79 Å². The molecule has 0 radical (unpaired) electrons. The summed E-state index contributed by atoms with van der Waals surface area (Å²) in [5, 5.41) is 0.534. The number of ketones is 1. The number of carbonyl (C=O) groups excluding carboxylic acids is 2. The van der Waals surface area contributed by atoms with E-state index < -0.39 is 10.8 Å².